The molecule has 1 aromatic rings. The highest BCUT2D eigenvalue weighted by atomic mass is 15.0. The summed E-state index contributed by atoms with van der Waals surface area (Å²) in [6.45, 7) is 12.5. The van der Waals surface area contributed by atoms with Crippen LogP contribution in [-0.2, 0) is 0 Å². The van der Waals surface area contributed by atoms with Gasteiger partial charge in [-0.2, -0.15) is 0 Å². The molecule has 1 heterocycles. The topological polar surface area (TPSA) is 12.0 Å². The minimum atomic E-state index is 0.241. The molecule has 0 aromatic heterocycles. The van der Waals surface area contributed by atoms with Gasteiger partial charge < -0.3 is 5.32 Å². The first kappa shape index (κ1) is 11.7. The van der Waals surface area contributed by atoms with Gasteiger partial charge in [-0.15, -0.1) is 0 Å². The van der Waals surface area contributed by atoms with Crippen LogP contribution in [0.15, 0.2) is 12.1 Å². The summed E-state index contributed by atoms with van der Waals surface area (Å²) in [6.07, 6.45) is 1.26. The van der Waals surface area contributed by atoms with E-state index in [1.807, 2.05) is 0 Å². The molecule has 1 fully saturated rings. The molecule has 88 valence electrons. The SMILES string of the molecule is Cc1cc(C)c(C2CCNC2(C)C)c(C)c1. The average molecular weight is 217 g/mol. The molecule has 0 amide bonds. The van der Waals surface area contributed by atoms with Gasteiger partial charge in [0.25, 0.3) is 0 Å². The fourth-order valence-corrected chi connectivity index (χ4v) is 3.27. The van der Waals surface area contributed by atoms with Crippen molar-refractivity contribution in [2.24, 2.45) is 0 Å². The second-order valence-electron chi connectivity index (χ2n) is 5.80. The number of aryl methyl sites for hydroxylation is 3. The summed E-state index contributed by atoms with van der Waals surface area (Å²) in [5.41, 5.74) is 6.10. The first-order valence-electron chi connectivity index (χ1n) is 6.24. The highest BCUT2D eigenvalue weighted by Gasteiger charge is 2.36. The van der Waals surface area contributed by atoms with Crippen molar-refractivity contribution in [1.29, 1.82) is 0 Å². The van der Waals surface area contributed by atoms with E-state index in [0.29, 0.717) is 5.92 Å². The largest absolute Gasteiger partial charge is 0.311 e. The van der Waals surface area contributed by atoms with E-state index < -0.39 is 0 Å². The molecule has 1 aliphatic heterocycles. The third-order valence-corrected chi connectivity index (χ3v) is 3.97. The number of benzene rings is 1. The predicted octanol–water partition coefficient (Wildman–Crippen LogP) is 3.47. The molecule has 1 aromatic carbocycles. The molecule has 2 rings (SSSR count). The van der Waals surface area contributed by atoms with Crippen LogP contribution < -0.4 is 5.32 Å². The Hall–Kier alpha value is -0.820. The van der Waals surface area contributed by atoms with Crippen LogP contribution in [0.4, 0.5) is 0 Å². The lowest BCUT2D eigenvalue weighted by atomic mass is 9.79. The van der Waals surface area contributed by atoms with E-state index in [-0.39, 0.29) is 5.54 Å². The van der Waals surface area contributed by atoms with Crippen LogP contribution in [0.2, 0.25) is 0 Å². The van der Waals surface area contributed by atoms with Crippen LogP contribution >= 0.6 is 0 Å². The molecule has 1 atom stereocenters. The smallest absolute Gasteiger partial charge is 0.0194 e. The van der Waals surface area contributed by atoms with Crippen LogP contribution in [0.1, 0.15) is 48.4 Å². The Morgan fingerprint density at radius 1 is 1.12 bits per heavy atom. The Kier molecular flexibility index (Phi) is 2.83. The molecule has 1 heteroatoms. The molecule has 1 saturated heterocycles. The van der Waals surface area contributed by atoms with Crippen LogP contribution in [0.3, 0.4) is 0 Å². The van der Waals surface area contributed by atoms with Gasteiger partial charge in [-0.25, -0.2) is 0 Å². The standard InChI is InChI=1S/C15H23N/c1-10-8-11(2)14(12(3)9-10)13-6-7-16-15(13,4)5/h8-9,13,16H,6-7H2,1-5H3. The summed E-state index contributed by atoms with van der Waals surface area (Å²) in [5.74, 6) is 0.660. The first-order valence-corrected chi connectivity index (χ1v) is 6.24. The molecular weight excluding hydrogens is 194 g/mol. The molecule has 0 saturated carbocycles. The van der Waals surface area contributed by atoms with Crippen molar-refractivity contribution in [3.05, 3.63) is 34.4 Å². The van der Waals surface area contributed by atoms with Crippen molar-refractivity contribution in [3.8, 4) is 0 Å². The fourth-order valence-electron chi connectivity index (χ4n) is 3.27. The minimum absolute atomic E-state index is 0.241. The van der Waals surface area contributed by atoms with Gasteiger partial charge in [0.15, 0.2) is 0 Å². The van der Waals surface area contributed by atoms with Crippen molar-refractivity contribution in [2.75, 3.05) is 6.54 Å². The third-order valence-electron chi connectivity index (χ3n) is 3.97. The van der Waals surface area contributed by atoms with Crippen molar-refractivity contribution >= 4 is 0 Å². The Bertz CT molecular complexity index is 381. The molecule has 0 aliphatic carbocycles. The Balaban J connectivity index is 2.48. The molecule has 16 heavy (non-hydrogen) atoms. The van der Waals surface area contributed by atoms with Gasteiger partial charge in [-0.1, -0.05) is 17.7 Å². The maximum absolute atomic E-state index is 3.61. The maximum Gasteiger partial charge on any atom is 0.0194 e. The Morgan fingerprint density at radius 3 is 2.12 bits per heavy atom. The monoisotopic (exact) mass is 217 g/mol. The second kappa shape index (κ2) is 3.89. The maximum atomic E-state index is 3.61. The van der Waals surface area contributed by atoms with E-state index in [4.69, 9.17) is 0 Å². The normalized spacial score (nSPS) is 23.7. The second-order valence-corrected chi connectivity index (χ2v) is 5.80. The summed E-state index contributed by atoms with van der Waals surface area (Å²) in [4.78, 5) is 0. The van der Waals surface area contributed by atoms with Crippen molar-refractivity contribution in [2.45, 2.75) is 52.5 Å². The van der Waals surface area contributed by atoms with E-state index in [2.05, 4.69) is 52.1 Å². The average Bonchev–Trinajstić information content (AvgIpc) is 2.44. The molecule has 1 nitrogen and oxygen atoms in total. The van der Waals surface area contributed by atoms with Crippen LogP contribution in [0.5, 0.6) is 0 Å². The first-order chi connectivity index (χ1) is 7.42. The molecule has 0 radical (unpaired) electrons. The summed E-state index contributed by atoms with van der Waals surface area (Å²) in [6, 6.07) is 4.63. The highest BCUT2D eigenvalue weighted by molar-refractivity contribution is 5.42. The molecule has 1 N–H and O–H groups in total. The molecule has 0 bridgehead atoms. The zero-order valence-electron chi connectivity index (χ0n) is 11.1. The van der Waals surface area contributed by atoms with Crippen molar-refractivity contribution in [1.82, 2.24) is 5.32 Å². The van der Waals surface area contributed by atoms with E-state index in [1.54, 1.807) is 5.56 Å². The quantitative estimate of drug-likeness (QED) is 0.759. The number of hydrogen-bond acceptors (Lipinski definition) is 1. The predicted molar refractivity (Wildman–Crippen MR) is 70.1 cm³/mol. The summed E-state index contributed by atoms with van der Waals surface area (Å²) < 4.78 is 0. The van der Waals surface area contributed by atoms with E-state index in [1.165, 1.54) is 23.1 Å². The molecule has 1 unspecified atom stereocenters. The van der Waals surface area contributed by atoms with Crippen LogP contribution in [0, 0.1) is 20.8 Å². The Morgan fingerprint density at radius 2 is 1.69 bits per heavy atom. The minimum Gasteiger partial charge on any atom is -0.311 e. The van der Waals surface area contributed by atoms with E-state index in [0.717, 1.165) is 6.54 Å². The zero-order chi connectivity index (χ0) is 11.9. The van der Waals surface area contributed by atoms with Gasteiger partial charge in [0, 0.05) is 11.5 Å². The van der Waals surface area contributed by atoms with Crippen LogP contribution in [-0.4, -0.2) is 12.1 Å². The highest BCUT2D eigenvalue weighted by Crippen LogP contribution is 2.38. The summed E-state index contributed by atoms with van der Waals surface area (Å²) >= 11 is 0. The molecule has 0 spiro atoms. The number of nitrogens with one attached hydrogen (secondary N) is 1. The van der Waals surface area contributed by atoms with Gasteiger partial charge in [0.2, 0.25) is 0 Å². The van der Waals surface area contributed by atoms with Gasteiger partial charge in [-0.3, -0.25) is 0 Å². The number of hydrogen-bond donors (Lipinski definition) is 1. The van der Waals surface area contributed by atoms with Gasteiger partial charge in [0.05, 0.1) is 0 Å². The fraction of sp³-hybridized carbons (Fsp3) is 0.600. The zero-order valence-corrected chi connectivity index (χ0v) is 11.1. The number of rotatable bonds is 1. The van der Waals surface area contributed by atoms with Crippen molar-refractivity contribution in [3.63, 3.8) is 0 Å². The third kappa shape index (κ3) is 1.89. The van der Waals surface area contributed by atoms with Gasteiger partial charge >= 0.3 is 0 Å². The van der Waals surface area contributed by atoms with E-state index >= 15 is 0 Å². The summed E-state index contributed by atoms with van der Waals surface area (Å²) in [7, 11) is 0. The van der Waals surface area contributed by atoms with Crippen LogP contribution in [0.25, 0.3) is 0 Å². The lowest BCUT2D eigenvalue weighted by Crippen LogP contribution is -2.37. The Labute approximate surface area is 99.3 Å². The lowest BCUT2D eigenvalue weighted by Gasteiger charge is -2.30. The molecule has 1 aliphatic rings. The van der Waals surface area contributed by atoms with Gasteiger partial charge in [-0.05, 0) is 64.3 Å². The van der Waals surface area contributed by atoms with E-state index in [9.17, 15) is 0 Å². The van der Waals surface area contributed by atoms with Gasteiger partial charge in [0.1, 0.15) is 0 Å². The molecular formula is C15H23N. The summed E-state index contributed by atoms with van der Waals surface area (Å²) in [5, 5.41) is 3.61. The van der Waals surface area contributed by atoms with Crippen molar-refractivity contribution < 1.29 is 0 Å². The lowest BCUT2D eigenvalue weighted by molar-refractivity contribution is 0.409.